The molecule has 0 radical (unpaired) electrons. The lowest BCUT2D eigenvalue weighted by atomic mass is 9.98. The number of hydrogen-bond donors (Lipinski definition) is 1. The van der Waals surface area contributed by atoms with E-state index in [1.807, 2.05) is 24.3 Å². The van der Waals surface area contributed by atoms with Gasteiger partial charge in [0.05, 0.1) is 6.04 Å². The van der Waals surface area contributed by atoms with E-state index in [1.165, 1.54) is 0 Å². The maximum Gasteiger partial charge on any atom is 0.134 e. The molecule has 0 bridgehead atoms. The van der Waals surface area contributed by atoms with Crippen LogP contribution in [-0.4, -0.2) is 0 Å². The van der Waals surface area contributed by atoms with Gasteiger partial charge in [-0.05, 0) is 30.2 Å². The van der Waals surface area contributed by atoms with Crippen LogP contribution in [0.2, 0.25) is 0 Å². The first kappa shape index (κ1) is 11.7. The molecule has 1 unspecified atom stereocenters. The second kappa shape index (κ2) is 4.60. The number of nitrogens with two attached hydrogens (primary N) is 1. The van der Waals surface area contributed by atoms with Crippen LogP contribution in [-0.2, 0) is 0 Å². The number of benzene rings is 1. The number of halogens is 1. The molecule has 86 valence electrons. The zero-order chi connectivity index (χ0) is 11.7. The Kier molecular flexibility index (Phi) is 3.36. The molecule has 2 nitrogen and oxygen atoms in total. The summed E-state index contributed by atoms with van der Waals surface area (Å²) in [7, 11) is 0. The molecule has 2 rings (SSSR count). The average Bonchev–Trinajstić information content (AvgIpc) is 2.69. The van der Waals surface area contributed by atoms with Crippen molar-refractivity contribution in [1.29, 1.82) is 0 Å². The molecule has 0 aliphatic rings. The molecule has 0 spiro atoms. The van der Waals surface area contributed by atoms with Crippen LogP contribution in [0.3, 0.4) is 0 Å². The Morgan fingerprint density at radius 3 is 2.81 bits per heavy atom. The van der Waals surface area contributed by atoms with E-state index in [-0.39, 0.29) is 6.04 Å². The quantitative estimate of drug-likeness (QED) is 0.914. The third-order valence-electron chi connectivity index (χ3n) is 3.08. The fraction of sp³-hybridized carbons (Fsp3) is 0.385. The van der Waals surface area contributed by atoms with Gasteiger partial charge in [-0.25, -0.2) is 0 Å². The van der Waals surface area contributed by atoms with Crippen molar-refractivity contribution < 1.29 is 4.42 Å². The Morgan fingerprint density at radius 1 is 1.38 bits per heavy atom. The monoisotopic (exact) mass is 281 g/mol. The lowest BCUT2D eigenvalue weighted by Crippen LogP contribution is -2.17. The lowest BCUT2D eigenvalue weighted by molar-refractivity contribution is 0.388. The molecular weight excluding hydrogens is 266 g/mol. The third-order valence-corrected chi connectivity index (χ3v) is 3.58. The van der Waals surface area contributed by atoms with Gasteiger partial charge in [-0.3, -0.25) is 0 Å². The minimum atomic E-state index is -0.0174. The molecule has 2 aromatic rings. The van der Waals surface area contributed by atoms with Crippen LogP contribution < -0.4 is 5.73 Å². The number of fused-ring (bicyclic) bond motifs is 1. The first-order valence-corrected chi connectivity index (χ1v) is 6.35. The molecular formula is C13H16BrNO. The van der Waals surface area contributed by atoms with Gasteiger partial charge in [0.1, 0.15) is 11.3 Å². The van der Waals surface area contributed by atoms with Crippen molar-refractivity contribution in [2.45, 2.75) is 26.3 Å². The topological polar surface area (TPSA) is 39.2 Å². The van der Waals surface area contributed by atoms with E-state index in [1.54, 1.807) is 0 Å². The predicted molar refractivity (Wildman–Crippen MR) is 70.3 cm³/mol. The minimum absolute atomic E-state index is 0.0174. The number of rotatable bonds is 3. The van der Waals surface area contributed by atoms with E-state index in [0.29, 0.717) is 5.92 Å². The molecule has 1 aromatic heterocycles. The van der Waals surface area contributed by atoms with Gasteiger partial charge < -0.3 is 10.2 Å². The first-order valence-electron chi connectivity index (χ1n) is 5.56. The molecule has 16 heavy (non-hydrogen) atoms. The summed E-state index contributed by atoms with van der Waals surface area (Å²) in [5.74, 6) is 1.31. The average molecular weight is 282 g/mol. The van der Waals surface area contributed by atoms with Gasteiger partial charge in [-0.15, -0.1) is 0 Å². The molecule has 0 aliphatic heterocycles. The van der Waals surface area contributed by atoms with Gasteiger partial charge in [0.15, 0.2) is 0 Å². The summed E-state index contributed by atoms with van der Waals surface area (Å²) in [5.41, 5.74) is 7.05. The SMILES string of the molecule is CCC(C)[C@@H](N)c1cc2cc(Br)ccc2o1. The van der Waals surface area contributed by atoms with E-state index in [2.05, 4.69) is 29.8 Å². The van der Waals surface area contributed by atoms with Gasteiger partial charge in [-0.1, -0.05) is 36.2 Å². The van der Waals surface area contributed by atoms with E-state index < -0.39 is 0 Å². The van der Waals surface area contributed by atoms with Crippen molar-refractivity contribution >= 4 is 26.9 Å². The molecule has 0 saturated heterocycles. The zero-order valence-corrected chi connectivity index (χ0v) is 11.1. The summed E-state index contributed by atoms with van der Waals surface area (Å²) < 4.78 is 6.82. The fourth-order valence-corrected chi connectivity index (χ4v) is 2.11. The molecule has 3 heteroatoms. The second-order valence-electron chi connectivity index (χ2n) is 4.24. The predicted octanol–water partition coefficient (Wildman–Crippen LogP) is 4.24. The van der Waals surface area contributed by atoms with Crippen LogP contribution >= 0.6 is 15.9 Å². The Labute approximate surface area is 104 Å². The highest BCUT2D eigenvalue weighted by molar-refractivity contribution is 9.10. The van der Waals surface area contributed by atoms with Crippen molar-refractivity contribution in [1.82, 2.24) is 0 Å². The molecule has 0 aliphatic carbocycles. The molecule has 0 amide bonds. The minimum Gasteiger partial charge on any atom is -0.459 e. The molecule has 2 atom stereocenters. The highest BCUT2D eigenvalue weighted by atomic mass is 79.9. The van der Waals surface area contributed by atoms with E-state index in [0.717, 1.165) is 27.6 Å². The van der Waals surface area contributed by atoms with Crippen LogP contribution in [0.4, 0.5) is 0 Å². The van der Waals surface area contributed by atoms with E-state index in [9.17, 15) is 0 Å². The first-order chi connectivity index (χ1) is 7.61. The normalized spacial score (nSPS) is 15.2. The van der Waals surface area contributed by atoms with Crippen molar-refractivity contribution in [3.63, 3.8) is 0 Å². The van der Waals surface area contributed by atoms with Crippen LogP contribution in [0.5, 0.6) is 0 Å². The van der Waals surface area contributed by atoms with Gasteiger partial charge in [0.2, 0.25) is 0 Å². The van der Waals surface area contributed by atoms with E-state index >= 15 is 0 Å². The lowest BCUT2D eigenvalue weighted by Gasteiger charge is -2.15. The van der Waals surface area contributed by atoms with Crippen molar-refractivity contribution in [3.8, 4) is 0 Å². The largest absolute Gasteiger partial charge is 0.459 e. The van der Waals surface area contributed by atoms with Gasteiger partial charge in [-0.2, -0.15) is 0 Å². The Hall–Kier alpha value is -0.800. The van der Waals surface area contributed by atoms with Gasteiger partial charge in [0, 0.05) is 9.86 Å². The molecule has 1 heterocycles. The highest BCUT2D eigenvalue weighted by Gasteiger charge is 2.17. The standard InChI is InChI=1S/C13H16BrNO/c1-3-8(2)13(15)12-7-9-6-10(14)4-5-11(9)16-12/h4-8,13H,3,15H2,1-2H3/t8?,13-/m1/s1. The van der Waals surface area contributed by atoms with Gasteiger partial charge >= 0.3 is 0 Å². The fourth-order valence-electron chi connectivity index (χ4n) is 1.73. The molecule has 0 fully saturated rings. The van der Waals surface area contributed by atoms with Crippen LogP contribution in [0, 0.1) is 5.92 Å². The molecule has 2 N–H and O–H groups in total. The smallest absolute Gasteiger partial charge is 0.134 e. The number of hydrogen-bond acceptors (Lipinski definition) is 2. The third kappa shape index (κ3) is 2.15. The maximum atomic E-state index is 6.15. The van der Waals surface area contributed by atoms with Crippen LogP contribution in [0.25, 0.3) is 11.0 Å². The summed E-state index contributed by atoms with van der Waals surface area (Å²) in [4.78, 5) is 0. The van der Waals surface area contributed by atoms with Crippen molar-refractivity contribution in [3.05, 3.63) is 34.5 Å². The summed E-state index contributed by atoms with van der Waals surface area (Å²) >= 11 is 3.45. The Balaban J connectivity index is 2.39. The van der Waals surface area contributed by atoms with Crippen LogP contribution in [0.1, 0.15) is 32.1 Å². The summed E-state index contributed by atoms with van der Waals surface area (Å²) in [5, 5.41) is 1.10. The number of furan rings is 1. The molecule has 1 aromatic carbocycles. The zero-order valence-electron chi connectivity index (χ0n) is 9.53. The second-order valence-corrected chi connectivity index (χ2v) is 5.16. The van der Waals surface area contributed by atoms with Crippen LogP contribution in [0.15, 0.2) is 33.2 Å². The van der Waals surface area contributed by atoms with Gasteiger partial charge in [0.25, 0.3) is 0 Å². The molecule has 0 saturated carbocycles. The van der Waals surface area contributed by atoms with E-state index in [4.69, 9.17) is 10.2 Å². The van der Waals surface area contributed by atoms with Crippen molar-refractivity contribution in [2.75, 3.05) is 0 Å². The summed E-state index contributed by atoms with van der Waals surface area (Å²) in [6.07, 6.45) is 1.06. The van der Waals surface area contributed by atoms with Crippen molar-refractivity contribution in [2.24, 2.45) is 11.7 Å². The summed E-state index contributed by atoms with van der Waals surface area (Å²) in [6, 6.07) is 8.01. The maximum absolute atomic E-state index is 6.15. The Bertz CT molecular complexity index is 492. The Morgan fingerprint density at radius 2 is 2.12 bits per heavy atom. The highest BCUT2D eigenvalue weighted by Crippen LogP contribution is 2.29. The summed E-state index contributed by atoms with van der Waals surface area (Å²) in [6.45, 7) is 4.29.